The van der Waals surface area contributed by atoms with E-state index in [2.05, 4.69) is 20.1 Å². The number of benzene rings is 1. The van der Waals surface area contributed by atoms with Crippen LogP contribution in [0.4, 0.5) is 13.2 Å². The molecule has 0 amide bonds. The highest BCUT2D eigenvalue weighted by molar-refractivity contribution is 5.29. The van der Waals surface area contributed by atoms with E-state index in [1.807, 2.05) is 0 Å². The molecule has 0 saturated heterocycles. The van der Waals surface area contributed by atoms with Gasteiger partial charge in [-0.2, -0.15) is 9.78 Å². The molecule has 0 saturated carbocycles. The van der Waals surface area contributed by atoms with Gasteiger partial charge in [-0.05, 0) is 11.1 Å². The molecule has 25 heavy (non-hydrogen) atoms. The molecule has 2 heterocycles. The Morgan fingerprint density at radius 3 is 2.68 bits per heavy atom. The summed E-state index contributed by atoms with van der Waals surface area (Å²) in [5.41, 5.74) is -2.19. The fourth-order valence-electron chi connectivity index (χ4n) is 2.76. The van der Waals surface area contributed by atoms with Crippen LogP contribution >= 0.6 is 0 Å². The molecular weight excluding hydrogens is 335 g/mol. The van der Waals surface area contributed by atoms with Gasteiger partial charge in [0, 0.05) is 17.5 Å². The van der Waals surface area contributed by atoms with Gasteiger partial charge in [-0.1, -0.05) is 13.0 Å². The molecule has 3 aromatic rings. The number of rotatable bonds is 5. The number of aliphatic hydroxyl groups is 1. The van der Waals surface area contributed by atoms with E-state index in [4.69, 9.17) is 0 Å². The third kappa shape index (κ3) is 3.22. The van der Waals surface area contributed by atoms with Gasteiger partial charge in [-0.15, -0.1) is 0 Å². The van der Waals surface area contributed by atoms with E-state index in [1.165, 1.54) is 24.3 Å². The quantitative estimate of drug-likeness (QED) is 0.685. The van der Waals surface area contributed by atoms with Crippen LogP contribution in [0.15, 0.2) is 43.4 Å². The van der Waals surface area contributed by atoms with Crippen molar-refractivity contribution in [2.75, 3.05) is 0 Å². The molecule has 0 aliphatic rings. The molecule has 2 N–H and O–H groups in total. The first kappa shape index (κ1) is 17.0. The molecule has 0 bridgehead atoms. The average molecular weight is 350 g/mol. The molecule has 130 valence electrons. The lowest BCUT2D eigenvalue weighted by atomic mass is 9.79. The average Bonchev–Trinajstić information content (AvgIpc) is 3.07. The van der Waals surface area contributed by atoms with Crippen molar-refractivity contribution in [2.24, 2.45) is 0 Å². The van der Waals surface area contributed by atoms with Crippen LogP contribution in [0.3, 0.4) is 0 Å². The number of aromatic amines is 1. The maximum Gasteiger partial charge on any atom is 0.306 e. The largest absolute Gasteiger partial charge is 0.380 e. The smallest absolute Gasteiger partial charge is 0.306 e. The van der Waals surface area contributed by atoms with Crippen LogP contribution in [0.5, 0.6) is 0 Å². The van der Waals surface area contributed by atoms with Gasteiger partial charge >= 0.3 is 6.33 Å². The van der Waals surface area contributed by atoms with Gasteiger partial charge in [0.2, 0.25) is 6.33 Å². The normalized spacial score (nSPS) is 14.9. The Morgan fingerprint density at radius 1 is 1.24 bits per heavy atom. The monoisotopic (exact) mass is 350 g/mol. The second kappa shape index (κ2) is 6.60. The minimum Gasteiger partial charge on any atom is -0.380 e. The van der Waals surface area contributed by atoms with Crippen LogP contribution in [-0.4, -0.2) is 25.2 Å². The number of aromatic nitrogens is 5. The molecule has 2 aromatic heterocycles. The SMILES string of the molecule is C[C@@H](c1ncncc1F)[C@](O)(C[n+]1cnc[nH]1)c1ccc(F)cc1F. The van der Waals surface area contributed by atoms with Gasteiger partial charge in [-0.25, -0.2) is 23.1 Å². The summed E-state index contributed by atoms with van der Waals surface area (Å²) < 4.78 is 43.2. The Morgan fingerprint density at radius 2 is 2.04 bits per heavy atom. The first-order valence-corrected chi connectivity index (χ1v) is 7.43. The number of nitrogens with one attached hydrogen (secondary N) is 1. The molecule has 2 atom stereocenters. The van der Waals surface area contributed by atoms with E-state index >= 15 is 0 Å². The van der Waals surface area contributed by atoms with E-state index in [1.54, 1.807) is 0 Å². The summed E-state index contributed by atoms with van der Waals surface area (Å²) in [6.07, 6.45) is 4.86. The van der Waals surface area contributed by atoms with E-state index in [9.17, 15) is 18.3 Å². The lowest BCUT2D eigenvalue weighted by Crippen LogP contribution is -2.50. The van der Waals surface area contributed by atoms with Crippen molar-refractivity contribution < 1.29 is 23.0 Å². The first-order chi connectivity index (χ1) is 11.9. The molecule has 3 rings (SSSR count). The number of nitrogens with zero attached hydrogens (tertiary/aromatic N) is 4. The lowest BCUT2D eigenvalue weighted by molar-refractivity contribution is -0.764. The minimum absolute atomic E-state index is 0.0821. The molecule has 0 spiro atoms. The van der Waals surface area contributed by atoms with Crippen molar-refractivity contribution in [2.45, 2.75) is 25.0 Å². The molecular formula is C16H15F3N5O+. The maximum absolute atomic E-state index is 14.4. The van der Waals surface area contributed by atoms with Crippen molar-refractivity contribution >= 4 is 0 Å². The van der Waals surface area contributed by atoms with Crippen LogP contribution in [-0.2, 0) is 12.1 Å². The summed E-state index contributed by atoms with van der Waals surface area (Å²) >= 11 is 0. The van der Waals surface area contributed by atoms with E-state index in [0.29, 0.717) is 6.07 Å². The molecule has 0 fully saturated rings. The molecule has 9 heteroatoms. The van der Waals surface area contributed by atoms with E-state index < -0.39 is 29.0 Å². The molecule has 0 aliphatic heterocycles. The Bertz CT molecular complexity index is 874. The van der Waals surface area contributed by atoms with E-state index in [0.717, 1.165) is 24.7 Å². The predicted octanol–water partition coefficient (Wildman–Crippen LogP) is 1.60. The van der Waals surface area contributed by atoms with Crippen molar-refractivity contribution in [3.8, 4) is 0 Å². The number of halogens is 3. The summed E-state index contributed by atoms with van der Waals surface area (Å²) in [5.74, 6) is -3.42. The summed E-state index contributed by atoms with van der Waals surface area (Å²) in [7, 11) is 0. The van der Waals surface area contributed by atoms with Crippen LogP contribution in [0, 0.1) is 17.5 Å². The molecule has 6 nitrogen and oxygen atoms in total. The van der Waals surface area contributed by atoms with Crippen LogP contribution < -0.4 is 4.68 Å². The Balaban J connectivity index is 2.13. The number of hydrogen-bond acceptors (Lipinski definition) is 4. The second-order valence-corrected chi connectivity index (χ2v) is 5.68. The summed E-state index contributed by atoms with van der Waals surface area (Å²) in [6, 6.07) is 2.84. The highest BCUT2D eigenvalue weighted by atomic mass is 19.1. The van der Waals surface area contributed by atoms with Gasteiger partial charge in [0.05, 0.1) is 11.9 Å². The fourth-order valence-corrected chi connectivity index (χ4v) is 2.76. The third-order valence-electron chi connectivity index (χ3n) is 4.14. The number of hydrogen-bond donors (Lipinski definition) is 2. The predicted molar refractivity (Wildman–Crippen MR) is 79.4 cm³/mol. The zero-order valence-corrected chi connectivity index (χ0v) is 13.2. The van der Waals surface area contributed by atoms with Gasteiger partial charge in [0.1, 0.15) is 30.1 Å². The zero-order chi connectivity index (χ0) is 18.0. The van der Waals surface area contributed by atoms with Gasteiger partial charge < -0.3 is 5.11 Å². The van der Waals surface area contributed by atoms with Gasteiger partial charge in [0.15, 0.2) is 5.82 Å². The molecule has 1 aromatic carbocycles. The summed E-state index contributed by atoms with van der Waals surface area (Å²) in [4.78, 5) is 11.3. The van der Waals surface area contributed by atoms with Crippen molar-refractivity contribution in [1.29, 1.82) is 0 Å². The van der Waals surface area contributed by atoms with Crippen LogP contribution in [0.25, 0.3) is 0 Å². The molecule has 0 aliphatic carbocycles. The number of H-pyrrole nitrogens is 1. The molecule has 0 radical (unpaired) electrons. The zero-order valence-electron chi connectivity index (χ0n) is 13.2. The topological polar surface area (TPSA) is 78.6 Å². The first-order valence-electron chi connectivity index (χ1n) is 7.43. The van der Waals surface area contributed by atoms with Gasteiger partial charge in [-0.3, -0.25) is 0 Å². The Kier molecular flexibility index (Phi) is 4.49. The fraction of sp³-hybridized carbons (Fsp3) is 0.250. The summed E-state index contributed by atoms with van der Waals surface area (Å²) in [5, 5.41) is 14.1. The Hall–Kier alpha value is -2.81. The van der Waals surface area contributed by atoms with Crippen molar-refractivity contribution in [1.82, 2.24) is 20.1 Å². The maximum atomic E-state index is 14.4. The van der Waals surface area contributed by atoms with Crippen molar-refractivity contribution in [3.63, 3.8) is 0 Å². The van der Waals surface area contributed by atoms with E-state index in [-0.39, 0.29) is 17.8 Å². The third-order valence-corrected chi connectivity index (χ3v) is 4.14. The van der Waals surface area contributed by atoms with Crippen molar-refractivity contribution in [3.05, 3.63) is 72.1 Å². The summed E-state index contributed by atoms with van der Waals surface area (Å²) in [6.45, 7) is 1.32. The lowest BCUT2D eigenvalue weighted by Gasteiger charge is -2.32. The molecule has 0 unspecified atom stereocenters. The van der Waals surface area contributed by atoms with Gasteiger partial charge in [0.25, 0.3) is 0 Å². The van der Waals surface area contributed by atoms with Crippen LogP contribution in [0.2, 0.25) is 0 Å². The van der Waals surface area contributed by atoms with Crippen LogP contribution in [0.1, 0.15) is 24.1 Å². The second-order valence-electron chi connectivity index (χ2n) is 5.68. The Labute approximate surface area is 141 Å². The highest BCUT2D eigenvalue weighted by Crippen LogP contribution is 2.38. The highest BCUT2D eigenvalue weighted by Gasteiger charge is 2.43. The minimum atomic E-state index is -1.93. The standard InChI is InChI=1S/C16H14F3N5O/c1-10(15-14(19)5-20-7-22-15)16(25,6-24-9-21-8-23-24)12-3-2-11(17)4-13(12)18/h2-5,7-10,25H,6H2,1H3/p+1/t10-,16+/m0/s1.